The highest BCUT2D eigenvalue weighted by Gasteiger charge is 2.37. The molecule has 1 amide bonds. The van der Waals surface area contributed by atoms with Crippen LogP contribution >= 0.6 is 34.5 Å². The molecule has 0 aromatic carbocycles. The predicted molar refractivity (Wildman–Crippen MR) is 80.2 cm³/mol. The number of aromatic nitrogens is 1. The van der Waals surface area contributed by atoms with E-state index in [1.165, 1.54) is 22.3 Å². The van der Waals surface area contributed by atoms with Crippen LogP contribution in [0.1, 0.15) is 27.0 Å². The molecule has 2 N–H and O–H groups in total. The van der Waals surface area contributed by atoms with Crippen molar-refractivity contribution in [3.63, 3.8) is 0 Å². The maximum absolute atomic E-state index is 12.5. The van der Waals surface area contributed by atoms with Gasteiger partial charge in [0.1, 0.15) is 10.8 Å². The van der Waals surface area contributed by atoms with Gasteiger partial charge in [0.05, 0.1) is 5.02 Å². The zero-order valence-corrected chi connectivity index (χ0v) is 12.9. The van der Waals surface area contributed by atoms with Crippen molar-refractivity contribution in [1.29, 1.82) is 0 Å². The Morgan fingerprint density at radius 1 is 1.43 bits per heavy atom. The third kappa shape index (κ3) is 2.43. The van der Waals surface area contributed by atoms with E-state index in [1.54, 1.807) is 6.07 Å². The Hall–Kier alpha value is -1.50. The third-order valence-corrected chi connectivity index (χ3v) is 5.11. The summed E-state index contributed by atoms with van der Waals surface area (Å²) < 4.78 is 0. The van der Waals surface area contributed by atoms with Crippen molar-refractivity contribution >= 4 is 46.4 Å². The molecule has 0 saturated carbocycles. The van der Waals surface area contributed by atoms with Gasteiger partial charge in [-0.2, -0.15) is 0 Å². The van der Waals surface area contributed by atoms with Gasteiger partial charge in [0, 0.05) is 11.4 Å². The summed E-state index contributed by atoms with van der Waals surface area (Å²) in [5, 5.41) is 11.7. The number of H-pyrrole nitrogens is 1. The number of carbonyl (C=O) groups is 2. The maximum atomic E-state index is 12.5. The predicted octanol–water partition coefficient (Wildman–Crippen LogP) is 3.21. The zero-order valence-electron chi connectivity index (χ0n) is 10.6. The van der Waals surface area contributed by atoms with Crippen molar-refractivity contribution in [2.75, 3.05) is 6.54 Å². The van der Waals surface area contributed by atoms with Crippen molar-refractivity contribution in [3.05, 3.63) is 43.8 Å². The molecule has 0 spiro atoms. The maximum Gasteiger partial charge on any atom is 0.331 e. The topological polar surface area (TPSA) is 73.4 Å². The van der Waals surface area contributed by atoms with E-state index in [2.05, 4.69) is 4.98 Å². The Kier molecular flexibility index (Phi) is 3.69. The fraction of sp³-hybridized carbons (Fsp3) is 0.231. The van der Waals surface area contributed by atoms with Gasteiger partial charge in [0.15, 0.2) is 6.04 Å². The summed E-state index contributed by atoms with van der Waals surface area (Å²) >= 11 is 13.1. The number of thiophene rings is 1. The van der Waals surface area contributed by atoms with Gasteiger partial charge >= 0.3 is 5.97 Å². The number of aliphatic carboxylic acids is 1. The molecule has 1 aliphatic heterocycles. The molecule has 0 bridgehead atoms. The molecule has 3 rings (SSSR count). The van der Waals surface area contributed by atoms with Crippen molar-refractivity contribution < 1.29 is 14.7 Å². The van der Waals surface area contributed by atoms with Crippen molar-refractivity contribution in [1.82, 2.24) is 9.88 Å². The minimum Gasteiger partial charge on any atom is -0.479 e. The van der Waals surface area contributed by atoms with Crippen LogP contribution in [0.15, 0.2) is 17.5 Å². The van der Waals surface area contributed by atoms with Crippen LogP contribution in [0.25, 0.3) is 0 Å². The normalized spacial score (nSPS) is 17.6. The Labute approximate surface area is 134 Å². The number of aromatic amines is 1. The number of nitrogens with zero attached hydrogens (tertiary/aromatic N) is 1. The quantitative estimate of drug-likeness (QED) is 0.878. The van der Waals surface area contributed by atoms with Crippen LogP contribution in [-0.2, 0) is 11.2 Å². The number of carboxylic acid groups (broad SMARTS) is 1. The lowest BCUT2D eigenvalue weighted by molar-refractivity contribution is -0.142. The van der Waals surface area contributed by atoms with Crippen LogP contribution in [-0.4, -0.2) is 33.4 Å². The summed E-state index contributed by atoms with van der Waals surface area (Å²) in [5.41, 5.74) is 0.866. The van der Waals surface area contributed by atoms with E-state index in [4.69, 9.17) is 23.2 Å². The lowest BCUT2D eigenvalue weighted by Crippen LogP contribution is -2.43. The number of amides is 1. The first-order chi connectivity index (χ1) is 9.99. The number of rotatable bonds is 2. The van der Waals surface area contributed by atoms with E-state index < -0.39 is 17.9 Å². The summed E-state index contributed by atoms with van der Waals surface area (Å²) in [5.74, 6) is -1.47. The Balaban J connectivity index is 1.98. The minimum absolute atomic E-state index is 0.167. The van der Waals surface area contributed by atoms with Crippen LogP contribution in [0.5, 0.6) is 0 Å². The van der Waals surface area contributed by atoms with Crippen LogP contribution in [0, 0.1) is 0 Å². The summed E-state index contributed by atoms with van der Waals surface area (Å²) in [7, 11) is 0. The van der Waals surface area contributed by atoms with Crippen molar-refractivity contribution in [2.24, 2.45) is 0 Å². The number of carboxylic acids is 1. The molecule has 0 saturated heterocycles. The smallest absolute Gasteiger partial charge is 0.331 e. The molecule has 0 aliphatic carbocycles. The molecule has 5 nitrogen and oxygen atoms in total. The second kappa shape index (κ2) is 5.36. The molecule has 1 unspecified atom stereocenters. The molecule has 0 radical (unpaired) electrons. The number of halogens is 2. The molecular formula is C13H10Cl2N2O3S. The van der Waals surface area contributed by atoms with E-state index in [-0.39, 0.29) is 15.9 Å². The van der Waals surface area contributed by atoms with Gasteiger partial charge in [0.2, 0.25) is 0 Å². The van der Waals surface area contributed by atoms with Crippen LogP contribution in [0.4, 0.5) is 0 Å². The van der Waals surface area contributed by atoms with E-state index in [0.717, 1.165) is 4.88 Å². The first-order valence-electron chi connectivity index (χ1n) is 6.13. The van der Waals surface area contributed by atoms with Crippen molar-refractivity contribution in [2.45, 2.75) is 12.5 Å². The second-order valence-corrected chi connectivity index (χ2v) is 6.42. The molecule has 2 aromatic rings. The minimum atomic E-state index is -1.05. The van der Waals surface area contributed by atoms with Gasteiger partial charge in [0.25, 0.3) is 5.91 Å². The molecule has 1 atom stereocenters. The second-order valence-electron chi connectivity index (χ2n) is 4.63. The highest BCUT2D eigenvalue weighted by Crippen LogP contribution is 2.34. The number of hydrogen-bond acceptors (Lipinski definition) is 3. The van der Waals surface area contributed by atoms with Crippen LogP contribution in [0.2, 0.25) is 10.2 Å². The van der Waals surface area contributed by atoms with Gasteiger partial charge in [-0.3, -0.25) is 4.79 Å². The number of fused-ring (bicyclic) bond motifs is 1. The first-order valence-corrected chi connectivity index (χ1v) is 7.76. The molecule has 2 aromatic heterocycles. The lowest BCUT2D eigenvalue weighted by Gasteiger charge is -2.32. The highest BCUT2D eigenvalue weighted by atomic mass is 35.5. The standard InChI is InChI=1S/C13H10Cl2N2O3S/c14-7-5-8(16-11(7)15)12(18)17-3-1-9-6(2-4-21-9)10(17)13(19)20/h2,4-5,10,16H,1,3H2,(H,19,20). The average molecular weight is 345 g/mol. The Morgan fingerprint density at radius 3 is 2.81 bits per heavy atom. The summed E-state index contributed by atoms with van der Waals surface area (Å²) in [6, 6.07) is 2.19. The average Bonchev–Trinajstić information content (AvgIpc) is 3.03. The molecule has 1 aliphatic rings. The fourth-order valence-corrected chi connectivity index (χ4v) is 3.69. The molecule has 21 heavy (non-hydrogen) atoms. The largest absolute Gasteiger partial charge is 0.479 e. The fourth-order valence-electron chi connectivity index (χ4n) is 2.48. The highest BCUT2D eigenvalue weighted by molar-refractivity contribution is 7.10. The molecule has 3 heterocycles. The lowest BCUT2D eigenvalue weighted by atomic mass is 9.99. The summed E-state index contributed by atoms with van der Waals surface area (Å²) in [6.07, 6.45) is 0.644. The number of hydrogen-bond donors (Lipinski definition) is 2. The Bertz CT molecular complexity index is 705. The van der Waals surface area contributed by atoms with E-state index in [1.807, 2.05) is 5.38 Å². The first kappa shape index (κ1) is 14.4. The summed E-state index contributed by atoms with van der Waals surface area (Å²) in [6.45, 7) is 0.345. The van der Waals surface area contributed by atoms with E-state index >= 15 is 0 Å². The zero-order chi connectivity index (χ0) is 15.1. The number of nitrogens with one attached hydrogen (secondary N) is 1. The van der Waals surface area contributed by atoms with Gasteiger partial charge in [-0.15, -0.1) is 11.3 Å². The van der Waals surface area contributed by atoms with Gasteiger partial charge in [-0.25, -0.2) is 4.79 Å². The van der Waals surface area contributed by atoms with Gasteiger partial charge in [-0.1, -0.05) is 23.2 Å². The van der Waals surface area contributed by atoms with Gasteiger partial charge < -0.3 is 15.0 Å². The molecule has 110 valence electrons. The van der Waals surface area contributed by atoms with E-state index in [9.17, 15) is 14.7 Å². The third-order valence-electron chi connectivity index (χ3n) is 3.42. The molecule has 0 fully saturated rings. The molecular weight excluding hydrogens is 335 g/mol. The molecule has 8 heteroatoms. The SMILES string of the molecule is O=C(O)C1c2ccsc2CCN1C(=O)c1cc(Cl)c(Cl)[nH]1. The van der Waals surface area contributed by atoms with Crippen LogP contribution < -0.4 is 0 Å². The van der Waals surface area contributed by atoms with Crippen LogP contribution in [0.3, 0.4) is 0 Å². The Morgan fingerprint density at radius 2 is 2.19 bits per heavy atom. The van der Waals surface area contributed by atoms with E-state index in [0.29, 0.717) is 18.5 Å². The van der Waals surface area contributed by atoms with Crippen molar-refractivity contribution in [3.8, 4) is 0 Å². The van der Waals surface area contributed by atoms with Gasteiger partial charge in [-0.05, 0) is 29.5 Å². The number of carbonyl (C=O) groups excluding carboxylic acids is 1. The monoisotopic (exact) mass is 344 g/mol. The summed E-state index contributed by atoms with van der Waals surface area (Å²) in [4.78, 5) is 29.1.